The van der Waals surface area contributed by atoms with Crippen molar-refractivity contribution < 1.29 is 0 Å². The minimum Gasteiger partial charge on any atom is -0.330 e. The molecule has 0 radical (unpaired) electrons. The van der Waals surface area contributed by atoms with Crippen LogP contribution in [0.3, 0.4) is 0 Å². The number of hydrogen-bond donors (Lipinski definition) is 1. The van der Waals surface area contributed by atoms with Gasteiger partial charge in [0.1, 0.15) is 5.82 Å². The molecule has 0 saturated heterocycles. The van der Waals surface area contributed by atoms with Gasteiger partial charge in [0.2, 0.25) is 0 Å². The molecule has 0 saturated carbocycles. The lowest BCUT2D eigenvalue weighted by molar-refractivity contribution is 0.781. The first kappa shape index (κ1) is 12.9. The summed E-state index contributed by atoms with van der Waals surface area (Å²) in [6, 6.07) is 15.0. The van der Waals surface area contributed by atoms with Crippen molar-refractivity contribution in [3.05, 3.63) is 59.4 Å². The van der Waals surface area contributed by atoms with Crippen molar-refractivity contribution in [2.45, 2.75) is 23.1 Å². The van der Waals surface area contributed by atoms with E-state index in [0.717, 1.165) is 23.3 Å². The Morgan fingerprint density at radius 1 is 1.29 bits per heavy atom. The third-order valence-corrected chi connectivity index (χ3v) is 5.46. The normalized spacial score (nSPS) is 17.3. The van der Waals surface area contributed by atoms with E-state index in [1.54, 1.807) is 0 Å². The quantitative estimate of drug-likeness (QED) is 0.788. The lowest BCUT2D eigenvalue weighted by Crippen LogP contribution is -2.02. The summed E-state index contributed by atoms with van der Waals surface area (Å²) in [5.74, 6) is 1.15. The molecule has 2 N–H and O–H groups in total. The molecule has 1 aromatic heterocycles. The summed E-state index contributed by atoms with van der Waals surface area (Å²) in [7, 11) is 2.11. The van der Waals surface area contributed by atoms with Crippen molar-refractivity contribution in [1.82, 2.24) is 9.55 Å². The number of hydrogen-bond acceptors (Lipinski definition) is 3. The standard InChI is InChI=1S/C17H17N3S/c1-20-14-7-6-11(10-18)8-13(14)19-17(20)16-9-12-4-2-3-5-15(12)21-16/h2-8,16H,9-10,18H2,1H3. The van der Waals surface area contributed by atoms with Crippen LogP contribution in [0, 0.1) is 0 Å². The molecule has 0 fully saturated rings. The highest BCUT2D eigenvalue weighted by atomic mass is 32.2. The minimum atomic E-state index is 0.404. The van der Waals surface area contributed by atoms with Crippen molar-refractivity contribution >= 4 is 22.8 Å². The number of nitrogens with two attached hydrogens (primary N) is 1. The molecule has 0 amide bonds. The van der Waals surface area contributed by atoms with Crippen LogP contribution in [-0.2, 0) is 20.0 Å². The predicted molar refractivity (Wildman–Crippen MR) is 87.3 cm³/mol. The van der Waals surface area contributed by atoms with Gasteiger partial charge in [-0.2, -0.15) is 0 Å². The first-order chi connectivity index (χ1) is 10.3. The van der Waals surface area contributed by atoms with Crippen LogP contribution >= 0.6 is 11.8 Å². The van der Waals surface area contributed by atoms with Gasteiger partial charge < -0.3 is 10.3 Å². The van der Waals surface area contributed by atoms with Crippen molar-refractivity contribution in [3.8, 4) is 0 Å². The van der Waals surface area contributed by atoms with Crippen LogP contribution in [0.25, 0.3) is 11.0 Å². The van der Waals surface area contributed by atoms with Crippen molar-refractivity contribution in [2.75, 3.05) is 0 Å². The molecule has 1 unspecified atom stereocenters. The lowest BCUT2D eigenvalue weighted by atomic mass is 10.1. The monoisotopic (exact) mass is 295 g/mol. The van der Waals surface area contributed by atoms with E-state index in [-0.39, 0.29) is 0 Å². The maximum absolute atomic E-state index is 5.73. The number of aromatic nitrogens is 2. The molecular formula is C17H17N3S. The lowest BCUT2D eigenvalue weighted by Gasteiger charge is -2.08. The Labute approximate surface area is 128 Å². The highest BCUT2D eigenvalue weighted by Crippen LogP contribution is 2.46. The third kappa shape index (κ3) is 2.06. The van der Waals surface area contributed by atoms with Gasteiger partial charge in [-0.05, 0) is 35.7 Å². The van der Waals surface area contributed by atoms with Gasteiger partial charge in [0.25, 0.3) is 0 Å². The first-order valence-electron chi connectivity index (χ1n) is 7.16. The molecule has 1 aliphatic heterocycles. The average molecular weight is 295 g/mol. The molecule has 0 spiro atoms. The van der Waals surface area contributed by atoms with Crippen LogP contribution in [0.5, 0.6) is 0 Å². The topological polar surface area (TPSA) is 43.8 Å². The van der Waals surface area contributed by atoms with E-state index in [0.29, 0.717) is 11.8 Å². The first-order valence-corrected chi connectivity index (χ1v) is 8.04. The van der Waals surface area contributed by atoms with Gasteiger partial charge in [-0.1, -0.05) is 24.3 Å². The largest absolute Gasteiger partial charge is 0.330 e. The molecule has 21 heavy (non-hydrogen) atoms. The van der Waals surface area contributed by atoms with Gasteiger partial charge in [-0.3, -0.25) is 0 Å². The maximum Gasteiger partial charge on any atom is 0.123 e. The molecule has 4 heteroatoms. The maximum atomic E-state index is 5.73. The molecule has 0 bridgehead atoms. The SMILES string of the molecule is Cn1c(C2Cc3ccccc3S2)nc2cc(CN)ccc21. The Morgan fingerprint density at radius 2 is 2.14 bits per heavy atom. The van der Waals surface area contributed by atoms with E-state index in [1.165, 1.54) is 16.0 Å². The van der Waals surface area contributed by atoms with E-state index in [9.17, 15) is 0 Å². The van der Waals surface area contributed by atoms with Crippen molar-refractivity contribution in [2.24, 2.45) is 12.8 Å². The van der Waals surface area contributed by atoms with Gasteiger partial charge in [0.15, 0.2) is 0 Å². The van der Waals surface area contributed by atoms with E-state index in [1.807, 2.05) is 11.8 Å². The fourth-order valence-electron chi connectivity index (χ4n) is 3.01. The number of thioether (sulfide) groups is 1. The fourth-order valence-corrected chi connectivity index (χ4v) is 4.35. The van der Waals surface area contributed by atoms with E-state index in [4.69, 9.17) is 10.7 Å². The second-order valence-corrected chi connectivity index (χ2v) is 6.72. The van der Waals surface area contributed by atoms with Crippen molar-refractivity contribution in [1.29, 1.82) is 0 Å². The van der Waals surface area contributed by atoms with Gasteiger partial charge in [-0.25, -0.2) is 4.98 Å². The van der Waals surface area contributed by atoms with E-state index >= 15 is 0 Å². The van der Waals surface area contributed by atoms with Crippen LogP contribution in [0.4, 0.5) is 0 Å². The minimum absolute atomic E-state index is 0.404. The molecule has 1 atom stereocenters. The van der Waals surface area contributed by atoms with Crippen LogP contribution in [0.15, 0.2) is 47.4 Å². The molecule has 3 nitrogen and oxygen atoms in total. The van der Waals surface area contributed by atoms with Crippen LogP contribution in [0.1, 0.15) is 22.2 Å². The molecule has 2 heterocycles. The Bertz CT molecular complexity index is 797. The van der Waals surface area contributed by atoms with Gasteiger partial charge in [0, 0.05) is 18.5 Å². The highest BCUT2D eigenvalue weighted by Gasteiger charge is 2.27. The Morgan fingerprint density at radius 3 is 2.95 bits per heavy atom. The summed E-state index contributed by atoms with van der Waals surface area (Å²) in [4.78, 5) is 6.26. The van der Waals surface area contributed by atoms with Gasteiger partial charge in [0.05, 0.1) is 16.3 Å². The summed E-state index contributed by atoms with van der Waals surface area (Å²) < 4.78 is 2.22. The highest BCUT2D eigenvalue weighted by molar-refractivity contribution is 7.99. The van der Waals surface area contributed by atoms with Crippen molar-refractivity contribution in [3.63, 3.8) is 0 Å². The molecule has 1 aliphatic rings. The zero-order valence-electron chi connectivity index (χ0n) is 11.9. The zero-order chi connectivity index (χ0) is 14.4. The number of imidazole rings is 1. The third-order valence-electron chi connectivity index (χ3n) is 4.15. The predicted octanol–water partition coefficient (Wildman–Crippen LogP) is 3.42. The molecule has 0 aliphatic carbocycles. The Kier molecular flexibility index (Phi) is 3.01. The Hall–Kier alpha value is -1.78. The van der Waals surface area contributed by atoms with E-state index in [2.05, 4.69) is 54.1 Å². The second-order valence-electron chi connectivity index (χ2n) is 5.47. The summed E-state index contributed by atoms with van der Waals surface area (Å²) in [5, 5.41) is 0.404. The average Bonchev–Trinajstić information content (AvgIpc) is 3.08. The number of aryl methyl sites for hydroxylation is 1. The number of nitrogens with zero attached hydrogens (tertiary/aromatic N) is 2. The van der Waals surface area contributed by atoms with Crippen LogP contribution in [0.2, 0.25) is 0 Å². The summed E-state index contributed by atoms with van der Waals surface area (Å²) in [6.07, 6.45) is 1.06. The second kappa shape index (κ2) is 4.90. The molecule has 4 rings (SSSR count). The fraction of sp³-hybridized carbons (Fsp3) is 0.235. The zero-order valence-corrected chi connectivity index (χ0v) is 12.7. The number of rotatable bonds is 2. The van der Waals surface area contributed by atoms with E-state index < -0.39 is 0 Å². The summed E-state index contributed by atoms with van der Waals surface area (Å²) >= 11 is 1.92. The molecule has 3 aromatic rings. The van der Waals surface area contributed by atoms with Gasteiger partial charge in [-0.15, -0.1) is 11.8 Å². The smallest absolute Gasteiger partial charge is 0.123 e. The van der Waals surface area contributed by atoms with Crippen LogP contribution < -0.4 is 5.73 Å². The molecule has 2 aromatic carbocycles. The molecular weight excluding hydrogens is 278 g/mol. The Balaban J connectivity index is 1.76. The van der Waals surface area contributed by atoms with Crippen LogP contribution in [-0.4, -0.2) is 9.55 Å². The summed E-state index contributed by atoms with van der Waals surface area (Å²) in [5.41, 5.74) is 10.5. The van der Waals surface area contributed by atoms with Gasteiger partial charge >= 0.3 is 0 Å². The number of benzene rings is 2. The summed E-state index contributed by atoms with van der Waals surface area (Å²) in [6.45, 7) is 0.561. The molecule has 106 valence electrons. The number of fused-ring (bicyclic) bond motifs is 2.